The lowest BCUT2D eigenvalue weighted by molar-refractivity contribution is -0.274. The first-order chi connectivity index (χ1) is 17.3. The Hall–Kier alpha value is -3.52. The highest BCUT2D eigenvalue weighted by molar-refractivity contribution is 5.84. The zero-order chi connectivity index (χ0) is 25.5. The third kappa shape index (κ3) is 7.01. The van der Waals surface area contributed by atoms with E-state index in [0.717, 1.165) is 40.7 Å². The van der Waals surface area contributed by atoms with Gasteiger partial charge in [0, 0.05) is 31.3 Å². The molecule has 0 fully saturated rings. The number of fused-ring (bicyclic) bond motifs is 1. The molecule has 0 bridgehead atoms. The van der Waals surface area contributed by atoms with Gasteiger partial charge in [0.05, 0.1) is 6.61 Å². The van der Waals surface area contributed by atoms with Gasteiger partial charge in [0.1, 0.15) is 17.4 Å². The van der Waals surface area contributed by atoms with Crippen molar-refractivity contribution in [2.24, 2.45) is 0 Å². The highest BCUT2D eigenvalue weighted by atomic mass is 19.4. The van der Waals surface area contributed by atoms with Gasteiger partial charge in [-0.05, 0) is 65.5 Å². The molecule has 0 radical (unpaired) electrons. The smallest absolute Gasteiger partial charge is 0.406 e. The number of nitrogens with zero attached hydrogens (tertiary/aromatic N) is 2. The van der Waals surface area contributed by atoms with Crippen LogP contribution in [-0.2, 0) is 36.8 Å². The SMILES string of the molecule is COCCc1cnc(CCc2ccc3c(F)c(CCc4ccc(OC(F)(F)F)cc4)ccc3c2)nc1. The molecular formula is C28H26F4N2O2. The summed E-state index contributed by atoms with van der Waals surface area (Å²) in [6, 6.07) is 15.0. The maximum Gasteiger partial charge on any atom is 0.573 e. The summed E-state index contributed by atoms with van der Waals surface area (Å²) in [6.07, 6.45) is 2.05. The van der Waals surface area contributed by atoms with Gasteiger partial charge < -0.3 is 9.47 Å². The monoisotopic (exact) mass is 498 g/mol. The van der Waals surface area contributed by atoms with Crippen molar-refractivity contribution in [3.8, 4) is 5.75 Å². The molecule has 0 aliphatic heterocycles. The molecule has 0 spiro atoms. The van der Waals surface area contributed by atoms with Crippen LogP contribution in [0.3, 0.4) is 0 Å². The van der Waals surface area contributed by atoms with Gasteiger partial charge in [0.2, 0.25) is 0 Å². The predicted octanol–water partition coefficient (Wildman–Crippen LogP) is 6.43. The fourth-order valence-corrected chi connectivity index (χ4v) is 3.99. The first-order valence-corrected chi connectivity index (χ1v) is 11.6. The molecule has 0 aliphatic rings. The number of benzene rings is 3. The van der Waals surface area contributed by atoms with Crippen molar-refractivity contribution in [2.75, 3.05) is 13.7 Å². The number of alkyl halides is 3. The van der Waals surface area contributed by atoms with Gasteiger partial charge in [-0.3, -0.25) is 0 Å². The molecular weight excluding hydrogens is 472 g/mol. The highest BCUT2D eigenvalue weighted by Crippen LogP contribution is 2.26. The molecule has 0 saturated carbocycles. The third-order valence-corrected chi connectivity index (χ3v) is 5.93. The number of halogens is 4. The molecule has 0 amide bonds. The van der Waals surface area contributed by atoms with Crippen LogP contribution in [0.2, 0.25) is 0 Å². The van der Waals surface area contributed by atoms with E-state index in [2.05, 4.69) is 14.7 Å². The zero-order valence-electron chi connectivity index (χ0n) is 19.8. The highest BCUT2D eigenvalue weighted by Gasteiger charge is 2.30. The molecule has 4 rings (SSSR count). The van der Waals surface area contributed by atoms with Crippen LogP contribution in [0.25, 0.3) is 10.8 Å². The molecule has 4 aromatic rings. The minimum Gasteiger partial charge on any atom is -0.406 e. The van der Waals surface area contributed by atoms with Crippen LogP contribution in [-0.4, -0.2) is 30.0 Å². The van der Waals surface area contributed by atoms with Gasteiger partial charge in [-0.1, -0.05) is 42.5 Å². The first kappa shape index (κ1) is 25.6. The largest absolute Gasteiger partial charge is 0.573 e. The number of methoxy groups -OCH3 is 1. The Labute approximate surface area is 206 Å². The van der Waals surface area contributed by atoms with E-state index in [1.165, 1.54) is 12.1 Å². The predicted molar refractivity (Wildman–Crippen MR) is 129 cm³/mol. The summed E-state index contributed by atoms with van der Waals surface area (Å²) in [4.78, 5) is 8.83. The van der Waals surface area contributed by atoms with Crippen molar-refractivity contribution in [1.82, 2.24) is 9.97 Å². The lowest BCUT2D eigenvalue weighted by atomic mass is 9.98. The molecule has 0 unspecified atom stereocenters. The molecule has 188 valence electrons. The van der Waals surface area contributed by atoms with Crippen LogP contribution in [0.4, 0.5) is 17.6 Å². The molecule has 1 aromatic heterocycles. The van der Waals surface area contributed by atoms with E-state index in [-0.39, 0.29) is 11.6 Å². The Balaban J connectivity index is 1.36. The van der Waals surface area contributed by atoms with Crippen LogP contribution in [0.15, 0.2) is 67.0 Å². The molecule has 4 nitrogen and oxygen atoms in total. The molecule has 0 atom stereocenters. The van der Waals surface area contributed by atoms with Crippen LogP contribution in [0.1, 0.15) is 28.1 Å². The normalized spacial score (nSPS) is 11.7. The molecule has 0 saturated heterocycles. The molecule has 1 heterocycles. The van der Waals surface area contributed by atoms with Crippen molar-refractivity contribution in [2.45, 2.75) is 38.5 Å². The van der Waals surface area contributed by atoms with Gasteiger partial charge in [0.15, 0.2) is 0 Å². The van der Waals surface area contributed by atoms with E-state index in [4.69, 9.17) is 4.74 Å². The summed E-state index contributed by atoms with van der Waals surface area (Å²) in [6.45, 7) is 0.631. The molecule has 0 aliphatic carbocycles. The summed E-state index contributed by atoms with van der Waals surface area (Å²) in [5, 5.41) is 1.36. The van der Waals surface area contributed by atoms with Gasteiger partial charge in [0.25, 0.3) is 0 Å². The number of aryl methyl sites for hydroxylation is 4. The van der Waals surface area contributed by atoms with Gasteiger partial charge in [-0.15, -0.1) is 13.2 Å². The second-order valence-corrected chi connectivity index (χ2v) is 8.54. The summed E-state index contributed by atoms with van der Waals surface area (Å²) in [5.74, 6) is 0.214. The van der Waals surface area contributed by atoms with E-state index < -0.39 is 6.36 Å². The van der Waals surface area contributed by atoms with E-state index >= 15 is 4.39 Å². The number of rotatable bonds is 10. The number of hydrogen-bond acceptors (Lipinski definition) is 4. The Morgan fingerprint density at radius 1 is 0.750 bits per heavy atom. The molecule has 8 heteroatoms. The number of ether oxygens (including phenoxy) is 2. The van der Waals surface area contributed by atoms with Gasteiger partial charge in [-0.25, -0.2) is 14.4 Å². The standard InChI is InChI=1S/C28H26F4N2O2/c1-35-15-14-21-17-33-26(34-18-21)13-6-20-5-12-25-23(16-20)9-8-22(27(25)29)7-2-19-3-10-24(11-4-19)36-28(30,31)32/h3-5,8-12,16-18H,2,6-7,13-15H2,1H3. The maximum atomic E-state index is 15.2. The lowest BCUT2D eigenvalue weighted by Gasteiger charge is -2.10. The van der Waals surface area contributed by atoms with E-state index in [1.54, 1.807) is 31.4 Å². The lowest BCUT2D eigenvalue weighted by Crippen LogP contribution is -2.17. The van der Waals surface area contributed by atoms with E-state index in [9.17, 15) is 13.2 Å². The summed E-state index contributed by atoms with van der Waals surface area (Å²) in [7, 11) is 1.66. The summed E-state index contributed by atoms with van der Waals surface area (Å²) in [5.41, 5.74) is 3.47. The van der Waals surface area contributed by atoms with Crippen molar-refractivity contribution in [3.05, 3.63) is 101 Å². The van der Waals surface area contributed by atoms with Gasteiger partial charge in [-0.2, -0.15) is 0 Å². The Kier molecular flexibility index (Phi) is 8.15. The van der Waals surface area contributed by atoms with Crippen molar-refractivity contribution in [1.29, 1.82) is 0 Å². The zero-order valence-corrected chi connectivity index (χ0v) is 19.8. The first-order valence-electron chi connectivity index (χ1n) is 11.6. The average Bonchev–Trinajstić information content (AvgIpc) is 2.86. The third-order valence-electron chi connectivity index (χ3n) is 5.93. The second-order valence-electron chi connectivity index (χ2n) is 8.54. The Bertz CT molecular complexity index is 1290. The second kappa shape index (κ2) is 11.5. The minimum absolute atomic E-state index is 0.272. The van der Waals surface area contributed by atoms with Crippen LogP contribution >= 0.6 is 0 Å². The Morgan fingerprint density at radius 2 is 1.44 bits per heavy atom. The average molecular weight is 499 g/mol. The van der Waals surface area contributed by atoms with Crippen molar-refractivity contribution >= 4 is 10.8 Å². The molecule has 36 heavy (non-hydrogen) atoms. The van der Waals surface area contributed by atoms with Crippen LogP contribution < -0.4 is 4.74 Å². The molecule has 3 aromatic carbocycles. The van der Waals surface area contributed by atoms with Crippen molar-refractivity contribution < 1.29 is 27.0 Å². The van der Waals surface area contributed by atoms with Crippen LogP contribution in [0.5, 0.6) is 5.75 Å². The summed E-state index contributed by atoms with van der Waals surface area (Å²) < 4.78 is 61.0. The van der Waals surface area contributed by atoms with E-state index in [0.29, 0.717) is 36.8 Å². The minimum atomic E-state index is -4.72. The number of aromatic nitrogens is 2. The van der Waals surface area contributed by atoms with E-state index in [1.807, 2.05) is 30.6 Å². The number of hydrogen-bond donors (Lipinski definition) is 0. The maximum absolute atomic E-state index is 15.2. The topological polar surface area (TPSA) is 44.2 Å². The van der Waals surface area contributed by atoms with Crippen LogP contribution in [0, 0.1) is 5.82 Å². The fourth-order valence-electron chi connectivity index (χ4n) is 3.99. The quantitative estimate of drug-likeness (QED) is 0.237. The fraction of sp³-hybridized carbons (Fsp3) is 0.286. The Morgan fingerprint density at radius 3 is 2.14 bits per heavy atom. The van der Waals surface area contributed by atoms with Crippen molar-refractivity contribution in [3.63, 3.8) is 0 Å². The molecule has 0 N–H and O–H groups in total. The van der Waals surface area contributed by atoms with Gasteiger partial charge >= 0.3 is 6.36 Å². The summed E-state index contributed by atoms with van der Waals surface area (Å²) >= 11 is 0.